The first-order chi connectivity index (χ1) is 33.8. The highest BCUT2D eigenvalue weighted by Crippen LogP contribution is 2.52. The van der Waals surface area contributed by atoms with Crippen LogP contribution in [-0.4, -0.2) is 4.57 Å². The van der Waals surface area contributed by atoms with Gasteiger partial charge in [0.15, 0.2) is 6.17 Å². The molecular formula is C66H65N4. The van der Waals surface area contributed by atoms with Crippen molar-refractivity contribution in [3.63, 3.8) is 0 Å². The van der Waals surface area contributed by atoms with Crippen LogP contribution in [-0.2, 0) is 5.41 Å². The van der Waals surface area contributed by atoms with E-state index in [4.69, 9.17) is 0 Å². The summed E-state index contributed by atoms with van der Waals surface area (Å²) < 4.78 is 2.40. The van der Waals surface area contributed by atoms with E-state index in [1.54, 1.807) is 0 Å². The third-order valence-corrected chi connectivity index (χ3v) is 15.1. The Hall–Kier alpha value is -7.30. The van der Waals surface area contributed by atoms with Gasteiger partial charge in [0.05, 0.1) is 22.4 Å². The molecule has 1 aliphatic carbocycles. The normalized spacial score (nSPS) is 14.3. The van der Waals surface area contributed by atoms with Gasteiger partial charge in [-0.05, 0) is 129 Å². The molecule has 0 fully saturated rings. The van der Waals surface area contributed by atoms with Crippen molar-refractivity contribution in [1.82, 2.24) is 4.57 Å². The Morgan fingerprint density at radius 3 is 1.49 bits per heavy atom. The lowest BCUT2D eigenvalue weighted by molar-refractivity contribution is 0.660. The fourth-order valence-electron chi connectivity index (χ4n) is 11.6. The highest BCUT2D eigenvalue weighted by atomic mass is 15.4. The van der Waals surface area contributed by atoms with E-state index in [9.17, 15) is 0 Å². The van der Waals surface area contributed by atoms with Gasteiger partial charge in [-0.1, -0.05) is 184 Å². The zero-order chi connectivity index (χ0) is 48.6. The number of anilines is 5. The van der Waals surface area contributed by atoms with Crippen molar-refractivity contribution < 1.29 is 0 Å². The summed E-state index contributed by atoms with van der Waals surface area (Å²) in [5.41, 5.74) is 21.2. The van der Waals surface area contributed by atoms with Crippen LogP contribution in [0.25, 0.3) is 38.6 Å². The first-order valence-corrected chi connectivity index (χ1v) is 25.5. The monoisotopic (exact) mass is 914 g/mol. The van der Waals surface area contributed by atoms with Crippen LogP contribution in [0.4, 0.5) is 28.4 Å². The molecule has 349 valence electrons. The van der Waals surface area contributed by atoms with Gasteiger partial charge in [0.2, 0.25) is 0 Å². The summed E-state index contributed by atoms with van der Waals surface area (Å²) in [5, 5.41) is 2.46. The maximum atomic E-state index is 2.50. The summed E-state index contributed by atoms with van der Waals surface area (Å²) in [7, 11) is 0. The second-order valence-electron chi connectivity index (χ2n) is 21.2. The fourth-order valence-corrected chi connectivity index (χ4v) is 11.6. The van der Waals surface area contributed by atoms with Crippen molar-refractivity contribution in [1.29, 1.82) is 0 Å². The van der Waals surface area contributed by atoms with Gasteiger partial charge in [-0.3, -0.25) is 0 Å². The standard InChI is InChI=1S/C66H65N4/c1-42(2)51-24-18-25-52(43(3)4)63(51)67-38-39-68(64-53(44(5)6)26-19-27-54(64)45(7)8)65(67)46-30-32-48(33-31-46)69(50-34-36-56-55-22-14-16-28-59(55)66(9,10)60(56)41-50)49-35-37-62-58(40-49)57-23-15-17-29-61(57)70(62)47-20-12-11-13-21-47/h11-45H,1-10H3. The molecule has 8 aromatic carbocycles. The van der Waals surface area contributed by atoms with Crippen LogP contribution in [0.1, 0.15) is 132 Å². The summed E-state index contributed by atoms with van der Waals surface area (Å²) in [5.74, 6) is 1.36. The Kier molecular flexibility index (Phi) is 11.3. The minimum Gasteiger partial charge on any atom is -0.314 e. The molecule has 0 amide bonds. The highest BCUT2D eigenvalue weighted by molar-refractivity contribution is 6.10. The summed E-state index contributed by atoms with van der Waals surface area (Å²) >= 11 is 0. The Bertz CT molecular complexity index is 3310. The molecule has 11 rings (SSSR count). The molecular weight excluding hydrogens is 849 g/mol. The van der Waals surface area contributed by atoms with Crippen molar-refractivity contribution in [3.05, 3.63) is 233 Å². The van der Waals surface area contributed by atoms with E-state index in [1.165, 1.54) is 77.7 Å². The van der Waals surface area contributed by atoms with E-state index in [-0.39, 0.29) is 5.41 Å². The molecule has 1 aromatic heterocycles. The van der Waals surface area contributed by atoms with E-state index in [1.807, 2.05) is 0 Å². The Labute approximate surface area is 416 Å². The fraction of sp³-hybridized carbons (Fsp3) is 0.227. The van der Waals surface area contributed by atoms with Gasteiger partial charge in [0, 0.05) is 56.9 Å². The van der Waals surface area contributed by atoms with Gasteiger partial charge in [0.25, 0.3) is 0 Å². The molecule has 4 nitrogen and oxygen atoms in total. The maximum Gasteiger partial charge on any atom is 0.195 e. The van der Waals surface area contributed by atoms with Crippen molar-refractivity contribution >= 4 is 50.2 Å². The van der Waals surface area contributed by atoms with Crippen molar-refractivity contribution in [2.24, 2.45) is 0 Å². The molecule has 1 radical (unpaired) electrons. The minimum absolute atomic E-state index is 0.147. The van der Waals surface area contributed by atoms with E-state index in [0.29, 0.717) is 23.7 Å². The van der Waals surface area contributed by atoms with E-state index in [2.05, 4.69) is 277 Å². The molecule has 0 atom stereocenters. The van der Waals surface area contributed by atoms with Crippen LogP contribution >= 0.6 is 0 Å². The number of nitrogens with zero attached hydrogens (tertiary/aromatic N) is 4. The van der Waals surface area contributed by atoms with Crippen LogP contribution in [0.5, 0.6) is 0 Å². The summed E-state index contributed by atoms with van der Waals surface area (Å²) in [6.45, 7) is 23.3. The largest absolute Gasteiger partial charge is 0.314 e. The van der Waals surface area contributed by atoms with Crippen molar-refractivity contribution in [3.8, 4) is 16.8 Å². The lowest BCUT2D eigenvalue weighted by Crippen LogP contribution is -2.34. The first-order valence-electron chi connectivity index (χ1n) is 25.5. The third-order valence-electron chi connectivity index (χ3n) is 15.1. The number of hydrogen-bond acceptors (Lipinski definition) is 3. The molecule has 9 aromatic rings. The van der Waals surface area contributed by atoms with Crippen molar-refractivity contribution in [2.45, 2.75) is 98.3 Å². The average Bonchev–Trinajstić information content (AvgIpc) is 4.02. The summed E-state index contributed by atoms with van der Waals surface area (Å²) in [4.78, 5) is 7.46. The van der Waals surface area contributed by atoms with Gasteiger partial charge < -0.3 is 19.3 Å². The number of fused-ring (bicyclic) bond motifs is 6. The average molecular weight is 914 g/mol. The van der Waals surface area contributed by atoms with Gasteiger partial charge in [-0.2, -0.15) is 0 Å². The lowest BCUT2D eigenvalue weighted by Gasteiger charge is -2.37. The van der Waals surface area contributed by atoms with Gasteiger partial charge in [-0.25, -0.2) is 0 Å². The molecule has 4 heteroatoms. The predicted molar refractivity (Wildman–Crippen MR) is 299 cm³/mol. The molecule has 70 heavy (non-hydrogen) atoms. The summed E-state index contributed by atoms with van der Waals surface area (Å²) in [6, 6.07) is 65.9. The van der Waals surface area contributed by atoms with Crippen LogP contribution in [0.15, 0.2) is 188 Å². The van der Waals surface area contributed by atoms with Gasteiger partial charge >= 0.3 is 0 Å². The molecule has 0 saturated carbocycles. The van der Waals surface area contributed by atoms with E-state index in [0.717, 1.165) is 34.5 Å². The molecule has 0 N–H and O–H groups in total. The molecule has 0 bridgehead atoms. The van der Waals surface area contributed by atoms with Gasteiger partial charge in [-0.15, -0.1) is 0 Å². The quantitative estimate of drug-likeness (QED) is 0.128. The molecule has 0 unspecified atom stereocenters. The highest BCUT2D eigenvalue weighted by Gasteiger charge is 2.39. The van der Waals surface area contributed by atoms with Crippen molar-refractivity contribution in [2.75, 3.05) is 14.7 Å². The zero-order valence-corrected chi connectivity index (χ0v) is 42.5. The predicted octanol–water partition coefficient (Wildman–Crippen LogP) is 18.4. The van der Waals surface area contributed by atoms with Crippen LogP contribution in [0.2, 0.25) is 0 Å². The Balaban J connectivity index is 1.11. The molecule has 2 heterocycles. The number of para-hydroxylation sites is 4. The smallest absolute Gasteiger partial charge is 0.195 e. The summed E-state index contributed by atoms with van der Waals surface area (Å²) in [6.07, 6.45) is 5.78. The first kappa shape index (κ1) is 45.2. The number of aromatic nitrogens is 1. The molecule has 0 spiro atoms. The number of benzene rings is 8. The van der Waals surface area contributed by atoms with Crippen LogP contribution in [0.3, 0.4) is 0 Å². The lowest BCUT2D eigenvalue weighted by atomic mass is 9.82. The second kappa shape index (κ2) is 17.6. The van der Waals surface area contributed by atoms with Crippen LogP contribution in [0, 0.1) is 6.17 Å². The molecule has 0 saturated heterocycles. The Morgan fingerprint density at radius 1 is 0.400 bits per heavy atom. The topological polar surface area (TPSA) is 14.7 Å². The minimum atomic E-state index is -0.147. The van der Waals surface area contributed by atoms with E-state index >= 15 is 0 Å². The number of hydrogen-bond donors (Lipinski definition) is 0. The van der Waals surface area contributed by atoms with E-state index < -0.39 is 0 Å². The Morgan fingerprint density at radius 2 is 0.886 bits per heavy atom. The van der Waals surface area contributed by atoms with Gasteiger partial charge in [0.1, 0.15) is 0 Å². The third kappa shape index (κ3) is 7.34. The maximum absolute atomic E-state index is 2.50. The molecule has 1 aliphatic heterocycles. The zero-order valence-electron chi connectivity index (χ0n) is 42.5. The second-order valence-corrected chi connectivity index (χ2v) is 21.2. The SMILES string of the molecule is CC(C)c1cccc(C(C)C)c1N1C=CN(c2c(C(C)C)cccc2C(C)C)[C]1c1ccc(N(c2ccc3c(c2)C(C)(C)c2ccccc2-3)c2ccc3c(c2)c2ccccc2n3-c2ccccc2)cc1. The van der Waals surface area contributed by atoms with Crippen LogP contribution < -0.4 is 14.7 Å². The molecule has 2 aliphatic rings. The number of rotatable bonds is 11.